The zero-order chi connectivity index (χ0) is 13.0. The molecule has 0 bridgehead atoms. The van der Waals surface area contributed by atoms with E-state index in [1.807, 2.05) is 13.1 Å². The number of hydrogen-bond acceptors (Lipinski definition) is 3. The van der Waals surface area contributed by atoms with Gasteiger partial charge in [-0.2, -0.15) is 0 Å². The Kier molecular flexibility index (Phi) is 4.28. The lowest BCUT2D eigenvalue weighted by atomic mass is 10.3. The molecule has 2 rings (SSSR count). The number of halogens is 2. The molecule has 0 atom stereocenters. The van der Waals surface area contributed by atoms with Gasteiger partial charge < -0.3 is 10.1 Å². The van der Waals surface area contributed by atoms with Crippen LogP contribution in [0.3, 0.4) is 0 Å². The molecular weight excluding hydrogens is 299 g/mol. The van der Waals surface area contributed by atoms with E-state index in [-0.39, 0.29) is 5.82 Å². The fourth-order valence-electron chi connectivity index (χ4n) is 1.47. The molecule has 0 aliphatic rings. The minimum Gasteiger partial charge on any atom is -0.457 e. The number of benzene rings is 1. The smallest absolute Gasteiger partial charge is 0.141 e. The number of ether oxygens (including phenoxy) is 1. The van der Waals surface area contributed by atoms with E-state index in [0.717, 1.165) is 5.69 Å². The number of aromatic nitrogens is 1. The van der Waals surface area contributed by atoms with Crippen molar-refractivity contribution in [2.75, 3.05) is 7.05 Å². The Balaban J connectivity index is 2.17. The van der Waals surface area contributed by atoms with Gasteiger partial charge in [-0.15, -0.1) is 0 Å². The van der Waals surface area contributed by atoms with Gasteiger partial charge in [0.05, 0.1) is 10.2 Å². The Morgan fingerprint density at radius 2 is 2.06 bits per heavy atom. The molecule has 0 amide bonds. The lowest BCUT2D eigenvalue weighted by Crippen LogP contribution is -2.06. The minimum absolute atomic E-state index is 0.350. The maximum absolute atomic E-state index is 13.3. The van der Waals surface area contributed by atoms with Crippen LogP contribution in [0.25, 0.3) is 0 Å². The van der Waals surface area contributed by atoms with E-state index in [0.29, 0.717) is 22.5 Å². The summed E-state index contributed by atoms with van der Waals surface area (Å²) in [4.78, 5) is 4.18. The van der Waals surface area contributed by atoms with Crippen LogP contribution >= 0.6 is 15.9 Å². The highest BCUT2D eigenvalue weighted by Gasteiger charge is 2.03. The van der Waals surface area contributed by atoms with Crippen LogP contribution in [0.2, 0.25) is 0 Å². The highest BCUT2D eigenvalue weighted by atomic mass is 79.9. The molecule has 0 unspecified atom stereocenters. The van der Waals surface area contributed by atoms with Gasteiger partial charge >= 0.3 is 0 Å². The van der Waals surface area contributed by atoms with Gasteiger partial charge in [0, 0.05) is 24.9 Å². The van der Waals surface area contributed by atoms with Gasteiger partial charge in [-0.3, -0.25) is 4.98 Å². The molecule has 0 saturated heterocycles. The topological polar surface area (TPSA) is 34.1 Å². The first kappa shape index (κ1) is 13.0. The van der Waals surface area contributed by atoms with E-state index in [4.69, 9.17) is 4.74 Å². The average Bonchev–Trinajstić information content (AvgIpc) is 2.35. The standard InChI is InChI=1S/C13H12BrFN2O/c1-16-8-9-6-11(4-5-17-9)18-10-2-3-12(14)13(15)7-10/h2-7,16H,8H2,1H3. The molecule has 1 aromatic carbocycles. The van der Waals surface area contributed by atoms with Gasteiger partial charge in [0.15, 0.2) is 0 Å². The van der Waals surface area contributed by atoms with Crippen molar-refractivity contribution in [3.8, 4) is 11.5 Å². The maximum atomic E-state index is 13.3. The van der Waals surface area contributed by atoms with Crippen LogP contribution in [0.5, 0.6) is 11.5 Å². The van der Waals surface area contributed by atoms with Gasteiger partial charge in [-0.25, -0.2) is 4.39 Å². The molecular formula is C13H12BrFN2O. The summed E-state index contributed by atoms with van der Waals surface area (Å²) < 4.78 is 19.3. The predicted molar refractivity (Wildman–Crippen MR) is 71.2 cm³/mol. The molecule has 5 heteroatoms. The molecule has 2 aromatic rings. The van der Waals surface area contributed by atoms with Crippen LogP contribution in [0.15, 0.2) is 41.0 Å². The van der Waals surface area contributed by atoms with Crippen LogP contribution in [-0.4, -0.2) is 12.0 Å². The van der Waals surface area contributed by atoms with E-state index >= 15 is 0 Å². The summed E-state index contributed by atoms with van der Waals surface area (Å²) in [6.07, 6.45) is 1.66. The lowest BCUT2D eigenvalue weighted by Gasteiger charge is -2.07. The van der Waals surface area contributed by atoms with E-state index in [1.165, 1.54) is 6.07 Å². The zero-order valence-electron chi connectivity index (χ0n) is 9.78. The fraction of sp³-hybridized carbons (Fsp3) is 0.154. The summed E-state index contributed by atoms with van der Waals surface area (Å²) in [5.74, 6) is 0.742. The van der Waals surface area contributed by atoms with E-state index in [2.05, 4.69) is 26.2 Å². The molecule has 94 valence electrons. The van der Waals surface area contributed by atoms with Crippen molar-refractivity contribution in [3.63, 3.8) is 0 Å². The molecule has 1 aromatic heterocycles. The zero-order valence-corrected chi connectivity index (χ0v) is 11.4. The molecule has 0 aliphatic heterocycles. The summed E-state index contributed by atoms with van der Waals surface area (Å²) in [6, 6.07) is 8.20. The largest absolute Gasteiger partial charge is 0.457 e. The summed E-state index contributed by atoms with van der Waals surface area (Å²) in [5, 5.41) is 3.01. The number of nitrogens with one attached hydrogen (secondary N) is 1. The third kappa shape index (κ3) is 3.27. The second-order valence-corrected chi connectivity index (χ2v) is 4.55. The van der Waals surface area contributed by atoms with Crippen molar-refractivity contribution >= 4 is 15.9 Å². The Morgan fingerprint density at radius 1 is 1.28 bits per heavy atom. The second kappa shape index (κ2) is 5.93. The van der Waals surface area contributed by atoms with E-state index < -0.39 is 0 Å². The van der Waals surface area contributed by atoms with Crippen molar-refractivity contribution in [1.82, 2.24) is 10.3 Å². The summed E-state index contributed by atoms with van der Waals surface area (Å²) in [7, 11) is 1.85. The second-order valence-electron chi connectivity index (χ2n) is 3.69. The molecule has 3 nitrogen and oxygen atoms in total. The third-order valence-corrected chi connectivity index (χ3v) is 2.92. The predicted octanol–water partition coefficient (Wildman–Crippen LogP) is 3.49. The first-order chi connectivity index (χ1) is 8.69. The fourth-order valence-corrected chi connectivity index (χ4v) is 1.72. The van der Waals surface area contributed by atoms with Gasteiger partial charge in [0.25, 0.3) is 0 Å². The van der Waals surface area contributed by atoms with Gasteiger partial charge in [0.2, 0.25) is 0 Å². The quantitative estimate of drug-likeness (QED) is 0.938. The molecule has 0 fully saturated rings. The van der Waals surface area contributed by atoms with Crippen LogP contribution in [0.1, 0.15) is 5.69 Å². The molecule has 0 saturated carbocycles. The molecule has 0 radical (unpaired) electrons. The lowest BCUT2D eigenvalue weighted by molar-refractivity contribution is 0.474. The van der Waals surface area contributed by atoms with Crippen molar-refractivity contribution in [2.24, 2.45) is 0 Å². The SMILES string of the molecule is CNCc1cc(Oc2ccc(Br)c(F)c2)ccn1. The number of hydrogen-bond donors (Lipinski definition) is 1. The Labute approximate surface area is 113 Å². The number of rotatable bonds is 4. The Bertz CT molecular complexity index is 548. The summed E-state index contributed by atoms with van der Waals surface area (Å²) in [6.45, 7) is 0.659. The minimum atomic E-state index is -0.350. The van der Waals surface area contributed by atoms with Crippen molar-refractivity contribution in [2.45, 2.75) is 6.54 Å². The normalized spacial score (nSPS) is 10.4. The van der Waals surface area contributed by atoms with Crippen LogP contribution in [0, 0.1) is 5.82 Å². The first-order valence-electron chi connectivity index (χ1n) is 5.41. The Hall–Kier alpha value is -1.46. The average molecular weight is 311 g/mol. The monoisotopic (exact) mass is 310 g/mol. The van der Waals surface area contributed by atoms with Crippen molar-refractivity contribution in [3.05, 3.63) is 52.5 Å². The molecule has 0 aliphatic carbocycles. The maximum Gasteiger partial charge on any atom is 0.141 e. The van der Waals surface area contributed by atoms with Gasteiger partial charge in [-0.1, -0.05) is 0 Å². The summed E-state index contributed by atoms with van der Waals surface area (Å²) >= 11 is 3.10. The highest BCUT2D eigenvalue weighted by molar-refractivity contribution is 9.10. The molecule has 0 spiro atoms. The van der Waals surface area contributed by atoms with Crippen molar-refractivity contribution in [1.29, 1.82) is 0 Å². The number of pyridine rings is 1. The highest BCUT2D eigenvalue weighted by Crippen LogP contribution is 2.25. The summed E-state index contributed by atoms with van der Waals surface area (Å²) in [5.41, 5.74) is 0.868. The number of nitrogens with zero attached hydrogens (tertiary/aromatic N) is 1. The van der Waals surface area contributed by atoms with Crippen LogP contribution in [0.4, 0.5) is 4.39 Å². The molecule has 18 heavy (non-hydrogen) atoms. The van der Waals surface area contributed by atoms with E-state index in [1.54, 1.807) is 24.4 Å². The van der Waals surface area contributed by atoms with Crippen LogP contribution in [-0.2, 0) is 6.54 Å². The third-order valence-electron chi connectivity index (χ3n) is 2.27. The van der Waals surface area contributed by atoms with Crippen LogP contribution < -0.4 is 10.1 Å². The van der Waals surface area contributed by atoms with Crippen molar-refractivity contribution < 1.29 is 9.13 Å². The molecule has 1 N–H and O–H groups in total. The van der Waals surface area contributed by atoms with Gasteiger partial charge in [-0.05, 0) is 41.2 Å². The Morgan fingerprint density at radius 3 is 2.78 bits per heavy atom. The van der Waals surface area contributed by atoms with Gasteiger partial charge in [0.1, 0.15) is 17.3 Å². The first-order valence-corrected chi connectivity index (χ1v) is 6.21. The molecule has 1 heterocycles. The van der Waals surface area contributed by atoms with E-state index in [9.17, 15) is 4.39 Å².